The van der Waals surface area contributed by atoms with Crippen molar-refractivity contribution >= 4 is 22.3 Å². The first-order valence-electron chi connectivity index (χ1n) is 8.14. The van der Waals surface area contributed by atoms with Crippen molar-refractivity contribution in [3.63, 3.8) is 0 Å². The van der Waals surface area contributed by atoms with Crippen LogP contribution in [0.2, 0.25) is 0 Å². The summed E-state index contributed by atoms with van der Waals surface area (Å²) in [5.74, 6) is -0.794. The number of nitrogens with zero attached hydrogens (tertiary/aromatic N) is 2. The third-order valence-electron chi connectivity index (χ3n) is 3.89. The maximum absolute atomic E-state index is 12.3. The monoisotopic (exact) mass is 408 g/mol. The topological polar surface area (TPSA) is 172 Å². The molecule has 5 N–H and O–H groups in total. The first-order chi connectivity index (χ1) is 12.3. The Balaban J connectivity index is 2.11. The maximum atomic E-state index is 12.3. The molecule has 154 valence electrons. The number of hydroxylamine groups is 2. The lowest BCUT2D eigenvalue weighted by Gasteiger charge is -2.28. The van der Waals surface area contributed by atoms with Gasteiger partial charge >= 0.3 is 16.4 Å². The van der Waals surface area contributed by atoms with Crippen LogP contribution in [0, 0.1) is 0 Å². The van der Waals surface area contributed by atoms with Crippen LogP contribution in [0.4, 0.5) is 4.79 Å². The molecule has 2 heterocycles. The molecule has 13 heteroatoms. The van der Waals surface area contributed by atoms with Gasteiger partial charge < -0.3 is 20.5 Å². The predicted molar refractivity (Wildman–Crippen MR) is 90.9 cm³/mol. The highest BCUT2D eigenvalue weighted by Crippen LogP contribution is 2.32. The van der Waals surface area contributed by atoms with Crippen LogP contribution in [0.3, 0.4) is 0 Å². The summed E-state index contributed by atoms with van der Waals surface area (Å²) < 4.78 is 40.6. The van der Waals surface area contributed by atoms with Crippen LogP contribution in [0.1, 0.15) is 27.2 Å². The Bertz CT molecular complexity index is 732. The molecule has 0 aromatic carbocycles. The van der Waals surface area contributed by atoms with Crippen molar-refractivity contribution < 1.29 is 36.7 Å². The normalized spacial score (nSPS) is 24.2. The van der Waals surface area contributed by atoms with Gasteiger partial charge in [0.15, 0.2) is 0 Å². The van der Waals surface area contributed by atoms with E-state index in [2.05, 4.69) is 9.60 Å². The zero-order valence-electron chi connectivity index (χ0n) is 15.2. The van der Waals surface area contributed by atoms with E-state index in [0.29, 0.717) is 10.6 Å². The van der Waals surface area contributed by atoms with Crippen molar-refractivity contribution in [2.75, 3.05) is 13.1 Å². The van der Waals surface area contributed by atoms with Gasteiger partial charge in [0.1, 0.15) is 12.1 Å². The number of primary amides is 1. The summed E-state index contributed by atoms with van der Waals surface area (Å²) in [5, 5.41) is 13.0. The number of hydrogen-bond acceptors (Lipinski definition) is 8. The van der Waals surface area contributed by atoms with Crippen LogP contribution in [0.15, 0.2) is 11.6 Å². The fraction of sp³-hybridized carbons (Fsp3) is 0.714. The number of aliphatic hydroxyl groups is 1. The largest absolute Gasteiger partial charge is 0.418 e. The quantitative estimate of drug-likeness (QED) is 0.216. The second-order valence-electron chi connectivity index (χ2n) is 7.15. The van der Waals surface area contributed by atoms with Crippen LogP contribution in [0.25, 0.3) is 0 Å². The molecule has 1 fully saturated rings. The number of nitrogens with two attached hydrogens (primary N) is 1. The number of hydrogen-bond donors (Lipinski definition) is 4. The fourth-order valence-corrected chi connectivity index (χ4v) is 3.26. The summed E-state index contributed by atoms with van der Waals surface area (Å²) in [5.41, 5.74) is 5.22. The minimum absolute atomic E-state index is 0.0329. The highest BCUT2D eigenvalue weighted by atomic mass is 32.3. The van der Waals surface area contributed by atoms with E-state index in [1.165, 1.54) is 6.08 Å². The van der Waals surface area contributed by atoms with Gasteiger partial charge in [-0.3, -0.25) is 14.7 Å². The Morgan fingerprint density at radius 3 is 2.63 bits per heavy atom. The van der Waals surface area contributed by atoms with Crippen LogP contribution in [-0.2, 0) is 24.2 Å². The zero-order valence-corrected chi connectivity index (χ0v) is 16.0. The first-order valence-corrected chi connectivity index (χ1v) is 9.51. The number of nitrogens with one attached hydrogen (secondary N) is 1. The average molecular weight is 408 g/mol. The maximum Gasteiger partial charge on any atom is 0.418 e. The molecule has 3 atom stereocenters. The summed E-state index contributed by atoms with van der Waals surface area (Å²) in [6.45, 7) is 5.46. The number of carbonyl (C=O) groups excluding carboxylic acids is 2. The molecule has 2 rings (SSSR count). The third-order valence-corrected chi connectivity index (χ3v) is 4.24. The lowest BCUT2D eigenvalue weighted by atomic mass is 9.97. The molecule has 0 aliphatic carbocycles. The van der Waals surface area contributed by atoms with Gasteiger partial charge in [0, 0.05) is 6.54 Å². The summed E-state index contributed by atoms with van der Waals surface area (Å²) in [6, 6.07) is -2.82. The molecule has 2 aliphatic heterocycles. The summed E-state index contributed by atoms with van der Waals surface area (Å²) in [7, 11) is -4.94. The summed E-state index contributed by atoms with van der Waals surface area (Å²) in [4.78, 5) is 25.0. The van der Waals surface area contributed by atoms with Gasteiger partial charge in [-0.25, -0.2) is 4.79 Å². The van der Waals surface area contributed by atoms with E-state index < -0.39 is 46.4 Å². The Kier molecular flexibility index (Phi) is 6.13. The predicted octanol–water partition coefficient (Wildman–Crippen LogP) is -1.31. The van der Waals surface area contributed by atoms with Crippen LogP contribution < -0.4 is 11.1 Å². The van der Waals surface area contributed by atoms with Gasteiger partial charge in [-0.1, -0.05) is 6.08 Å². The molecule has 2 bridgehead atoms. The van der Waals surface area contributed by atoms with E-state index in [4.69, 9.17) is 15.0 Å². The van der Waals surface area contributed by atoms with E-state index in [1.807, 2.05) is 0 Å². The Morgan fingerprint density at radius 2 is 2.11 bits per heavy atom. The number of fused-ring (bicyclic) bond motifs is 2. The number of amides is 3. The van der Waals surface area contributed by atoms with Crippen LogP contribution in [0.5, 0.6) is 0 Å². The fourth-order valence-electron chi connectivity index (χ4n) is 2.89. The standard InChI is InChI=1S/C14H24N4O8S/c1-14(2,3)25-12(20)16-5-4-8-6-9(11(15)19)17-7-10(8)18(13(17)21)26-27(22,23)24/h6,9-10,12,16,20H,4-5,7H2,1-3H3,(H2,15,19)(H,22,23,24)/t9-,10-,12?/m0/s1. The number of urea groups is 1. The summed E-state index contributed by atoms with van der Waals surface area (Å²) >= 11 is 0. The molecule has 1 unspecified atom stereocenters. The van der Waals surface area contributed by atoms with Crippen LogP contribution >= 0.6 is 0 Å². The molecule has 2 aliphatic rings. The third kappa shape index (κ3) is 5.60. The van der Waals surface area contributed by atoms with Crippen molar-refractivity contribution in [2.24, 2.45) is 5.73 Å². The Hall–Kier alpha value is -1.77. The van der Waals surface area contributed by atoms with Gasteiger partial charge in [-0.2, -0.15) is 13.5 Å². The minimum Gasteiger partial charge on any atom is -0.368 e. The molecular weight excluding hydrogens is 384 g/mol. The van der Waals surface area contributed by atoms with Crippen molar-refractivity contribution in [1.29, 1.82) is 0 Å². The Labute approximate surface area is 156 Å². The van der Waals surface area contributed by atoms with E-state index in [-0.39, 0.29) is 19.5 Å². The van der Waals surface area contributed by atoms with Gasteiger partial charge in [0.2, 0.25) is 12.3 Å². The smallest absolute Gasteiger partial charge is 0.368 e. The molecule has 0 spiro atoms. The van der Waals surface area contributed by atoms with E-state index in [0.717, 1.165) is 4.90 Å². The van der Waals surface area contributed by atoms with Crippen molar-refractivity contribution in [2.45, 2.75) is 51.3 Å². The van der Waals surface area contributed by atoms with Crippen molar-refractivity contribution in [1.82, 2.24) is 15.3 Å². The molecule has 1 saturated heterocycles. The highest BCUT2D eigenvalue weighted by molar-refractivity contribution is 7.80. The number of aliphatic hydroxyl groups excluding tert-OH is 1. The first kappa shape index (κ1) is 21.5. The van der Waals surface area contributed by atoms with Gasteiger partial charge in [0.25, 0.3) is 0 Å². The van der Waals surface area contributed by atoms with E-state index in [1.54, 1.807) is 20.8 Å². The second-order valence-corrected chi connectivity index (χ2v) is 8.16. The summed E-state index contributed by atoms with van der Waals surface area (Å²) in [6.07, 6.45) is 0.430. The number of rotatable bonds is 8. The van der Waals surface area contributed by atoms with Crippen molar-refractivity contribution in [3.05, 3.63) is 11.6 Å². The second kappa shape index (κ2) is 7.69. The minimum atomic E-state index is -4.94. The van der Waals surface area contributed by atoms with E-state index >= 15 is 0 Å². The average Bonchev–Trinajstić information content (AvgIpc) is 2.72. The molecular formula is C14H24N4O8S. The zero-order chi connectivity index (χ0) is 20.6. The van der Waals surface area contributed by atoms with Gasteiger partial charge in [-0.05, 0) is 32.8 Å². The van der Waals surface area contributed by atoms with Crippen LogP contribution in [-0.4, -0.2) is 77.2 Å². The molecule has 27 heavy (non-hydrogen) atoms. The lowest BCUT2D eigenvalue weighted by Crippen LogP contribution is -2.47. The van der Waals surface area contributed by atoms with Gasteiger partial charge in [-0.15, -0.1) is 4.28 Å². The van der Waals surface area contributed by atoms with Gasteiger partial charge in [0.05, 0.1) is 12.1 Å². The molecule has 0 radical (unpaired) electrons. The Morgan fingerprint density at radius 1 is 1.48 bits per heavy atom. The molecule has 0 aromatic heterocycles. The molecule has 0 saturated carbocycles. The molecule has 12 nitrogen and oxygen atoms in total. The SMILES string of the molecule is CC(C)(C)OC(O)NCCC1=C[C@@H](C(N)=O)N2C[C@@H]1N(OS(=O)(=O)O)C2=O. The molecule has 0 aromatic rings. The van der Waals surface area contributed by atoms with Crippen molar-refractivity contribution in [3.8, 4) is 0 Å². The molecule has 3 amide bonds. The van der Waals surface area contributed by atoms with E-state index in [9.17, 15) is 23.1 Å². The number of carbonyl (C=O) groups is 2. The highest BCUT2D eigenvalue weighted by Gasteiger charge is 2.49. The lowest BCUT2D eigenvalue weighted by molar-refractivity contribution is -0.181. The number of ether oxygens (including phenoxy) is 1.